The Bertz CT molecular complexity index is 984. The minimum Gasteiger partial charge on any atom is -0.346 e. The lowest BCUT2D eigenvalue weighted by Gasteiger charge is -2.39. The number of sulfonamides is 1. The molecule has 0 radical (unpaired) electrons. The number of hydrogen-bond donors (Lipinski definition) is 2. The van der Waals surface area contributed by atoms with E-state index in [9.17, 15) is 13.2 Å². The van der Waals surface area contributed by atoms with Crippen molar-refractivity contribution in [3.63, 3.8) is 0 Å². The van der Waals surface area contributed by atoms with Gasteiger partial charge < -0.3 is 10.2 Å². The lowest BCUT2D eigenvalue weighted by atomic mass is 9.80. The number of quaternary nitrogens is 1. The van der Waals surface area contributed by atoms with Crippen LogP contribution < -0.4 is 14.5 Å². The molecule has 0 atom stereocenters. The predicted molar refractivity (Wildman–Crippen MR) is 124 cm³/mol. The van der Waals surface area contributed by atoms with Crippen molar-refractivity contribution in [3.8, 4) is 0 Å². The van der Waals surface area contributed by atoms with E-state index in [1.54, 1.807) is 37.3 Å². The highest BCUT2D eigenvalue weighted by molar-refractivity contribution is 7.92. The number of carbonyl (C=O) groups is 1. The first-order valence-corrected chi connectivity index (χ1v) is 12.5. The topological polar surface area (TPSA) is 70.9 Å². The molecule has 1 saturated carbocycles. The summed E-state index contributed by atoms with van der Waals surface area (Å²) in [6.45, 7) is 2.70. The fraction of sp³-hybridized carbons (Fsp3) is 0.458. The summed E-state index contributed by atoms with van der Waals surface area (Å²) in [5, 5.41) is 3.08. The van der Waals surface area contributed by atoms with E-state index >= 15 is 0 Å². The van der Waals surface area contributed by atoms with Crippen molar-refractivity contribution >= 4 is 21.6 Å². The third-order valence-electron chi connectivity index (χ3n) is 6.47. The summed E-state index contributed by atoms with van der Waals surface area (Å²) in [4.78, 5) is 14.4. The molecule has 1 aliphatic rings. The summed E-state index contributed by atoms with van der Waals surface area (Å²) >= 11 is 0. The normalized spacial score (nSPS) is 16.1. The second-order valence-corrected chi connectivity index (χ2v) is 10.4. The standard InChI is InChI=1S/C24H33N3O3S/c1-4-27(21-13-7-5-8-14-21)31(29,30)22-15-11-12-20(18-22)23(28)25-19-24(26(2)3)16-9-6-10-17-24/h5,7-8,11-15,18H,4,6,9-10,16-17,19H2,1-3H3,(H,25,28)/p+1. The lowest BCUT2D eigenvalue weighted by Crippen LogP contribution is -3.16. The second-order valence-electron chi connectivity index (χ2n) is 8.56. The summed E-state index contributed by atoms with van der Waals surface area (Å²) in [5.41, 5.74) is 1.02. The smallest absolute Gasteiger partial charge is 0.264 e. The Morgan fingerprint density at radius 3 is 2.32 bits per heavy atom. The number of benzene rings is 2. The molecule has 168 valence electrons. The van der Waals surface area contributed by atoms with E-state index < -0.39 is 10.0 Å². The molecule has 0 bridgehead atoms. The zero-order valence-electron chi connectivity index (χ0n) is 18.7. The molecule has 1 aliphatic carbocycles. The quantitative estimate of drug-likeness (QED) is 0.657. The number of anilines is 1. The number of rotatable bonds is 8. The molecule has 2 aromatic rings. The summed E-state index contributed by atoms with van der Waals surface area (Å²) in [7, 11) is 0.521. The van der Waals surface area contributed by atoms with Crippen LogP contribution in [0, 0.1) is 0 Å². The van der Waals surface area contributed by atoms with Gasteiger partial charge in [-0.3, -0.25) is 9.10 Å². The summed E-state index contributed by atoms with van der Waals surface area (Å²) in [6.07, 6.45) is 5.79. The maximum absolute atomic E-state index is 13.3. The minimum atomic E-state index is -3.77. The first-order valence-electron chi connectivity index (χ1n) is 11.1. The fourth-order valence-corrected chi connectivity index (χ4v) is 5.96. The monoisotopic (exact) mass is 444 g/mol. The van der Waals surface area contributed by atoms with Crippen LogP contribution in [0.15, 0.2) is 59.5 Å². The van der Waals surface area contributed by atoms with E-state index in [1.807, 2.05) is 18.2 Å². The van der Waals surface area contributed by atoms with Gasteiger partial charge in [0.25, 0.3) is 15.9 Å². The first kappa shape index (κ1) is 23.3. The molecule has 31 heavy (non-hydrogen) atoms. The van der Waals surface area contributed by atoms with Gasteiger partial charge in [-0.25, -0.2) is 8.42 Å². The van der Waals surface area contributed by atoms with Crippen LogP contribution in [0.25, 0.3) is 0 Å². The van der Waals surface area contributed by atoms with Crippen LogP contribution in [-0.2, 0) is 10.0 Å². The Morgan fingerprint density at radius 1 is 1.03 bits per heavy atom. The molecule has 0 heterocycles. The Labute approximate surface area is 186 Å². The van der Waals surface area contributed by atoms with Gasteiger partial charge in [0, 0.05) is 24.9 Å². The number of amides is 1. The second kappa shape index (κ2) is 9.83. The number of nitrogens with zero attached hydrogens (tertiary/aromatic N) is 1. The summed E-state index contributed by atoms with van der Waals surface area (Å²) in [5.74, 6) is -0.231. The molecule has 0 aliphatic heterocycles. The van der Waals surface area contributed by atoms with Crippen LogP contribution in [0.4, 0.5) is 5.69 Å². The molecule has 7 heteroatoms. The van der Waals surface area contributed by atoms with Crippen molar-refractivity contribution < 1.29 is 18.1 Å². The Kier molecular flexibility index (Phi) is 7.38. The van der Waals surface area contributed by atoms with Crippen LogP contribution in [-0.4, -0.2) is 47.0 Å². The minimum absolute atomic E-state index is 0.0456. The first-order chi connectivity index (χ1) is 14.8. The fourth-order valence-electron chi connectivity index (χ4n) is 4.44. The predicted octanol–water partition coefficient (Wildman–Crippen LogP) is 2.48. The van der Waals surface area contributed by atoms with Gasteiger partial charge >= 0.3 is 0 Å². The third-order valence-corrected chi connectivity index (χ3v) is 8.37. The van der Waals surface area contributed by atoms with Crippen LogP contribution in [0.2, 0.25) is 0 Å². The van der Waals surface area contributed by atoms with Gasteiger partial charge in [0.1, 0.15) is 5.54 Å². The number of para-hydroxylation sites is 1. The molecule has 3 rings (SSSR count). The Balaban J connectivity index is 1.79. The van der Waals surface area contributed by atoms with Crippen molar-refractivity contribution in [2.75, 3.05) is 31.5 Å². The largest absolute Gasteiger partial charge is 0.346 e. The zero-order chi connectivity index (χ0) is 22.5. The molecule has 2 N–H and O–H groups in total. The molecule has 0 spiro atoms. The van der Waals surface area contributed by atoms with E-state index in [2.05, 4.69) is 19.4 Å². The molecule has 1 fully saturated rings. The SMILES string of the molecule is CCN(c1ccccc1)S(=O)(=O)c1cccc(C(=O)NCC2([NH+](C)C)CCCCC2)c1. The Morgan fingerprint density at radius 2 is 1.71 bits per heavy atom. The molecule has 6 nitrogen and oxygen atoms in total. The van der Waals surface area contributed by atoms with E-state index in [4.69, 9.17) is 0 Å². The number of likely N-dealkylation sites (N-methyl/N-ethyl adjacent to an activating group) is 1. The average molecular weight is 445 g/mol. The van der Waals surface area contributed by atoms with Crippen molar-refractivity contribution in [1.82, 2.24) is 5.32 Å². The zero-order valence-corrected chi connectivity index (χ0v) is 19.5. The molecule has 0 saturated heterocycles. The van der Waals surface area contributed by atoms with E-state index in [0.717, 1.165) is 12.8 Å². The highest BCUT2D eigenvalue weighted by atomic mass is 32.2. The lowest BCUT2D eigenvalue weighted by molar-refractivity contribution is -0.916. The van der Waals surface area contributed by atoms with Gasteiger partial charge in [-0.15, -0.1) is 0 Å². The maximum Gasteiger partial charge on any atom is 0.264 e. The highest BCUT2D eigenvalue weighted by Gasteiger charge is 2.38. The summed E-state index contributed by atoms with van der Waals surface area (Å²) < 4.78 is 27.9. The average Bonchev–Trinajstić information content (AvgIpc) is 2.79. The van der Waals surface area contributed by atoms with Gasteiger partial charge in [0.15, 0.2) is 0 Å². The van der Waals surface area contributed by atoms with Crippen molar-refractivity contribution in [2.24, 2.45) is 0 Å². The molecule has 2 aromatic carbocycles. The summed E-state index contributed by atoms with van der Waals surface area (Å²) in [6, 6.07) is 15.3. The van der Waals surface area contributed by atoms with Gasteiger partial charge in [-0.05, 0) is 50.1 Å². The highest BCUT2D eigenvalue weighted by Crippen LogP contribution is 2.26. The Hall–Kier alpha value is -2.38. The molecular weight excluding hydrogens is 410 g/mol. The molecular formula is C24H34N3O3S+. The maximum atomic E-state index is 13.3. The number of nitrogens with one attached hydrogen (secondary N) is 2. The number of carbonyl (C=O) groups excluding carboxylic acids is 1. The van der Waals surface area contributed by atoms with E-state index in [1.165, 1.54) is 34.5 Å². The molecule has 0 aromatic heterocycles. The third kappa shape index (κ3) is 5.10. The van der Waals surface area contributed by atoms with Crippen molar-refractivity contribution in [1.29, 1.82) is 0 Å². The van der Waals surface area contributed by atoms with Crippen LogP contribution in [0.5, 0.6) is 0 Å². The van der Waals surface area contributed by atoms with Crippen LogP contribution in [0.3, 0.4) is 0 Å². The van der Waals surface area contributed by atoms with Crippen LogP contribution in [0.1, 0.15) is 49.4 Å². The van der Waals surface area contributed by atoms with E-state index in [-0.39, 0.29) is 16.3 Å². The van der Waals surface area contributed by atoms with Gasteiger partial charge in [0.2, 0.25) is 0 Å². The van der Waals surface area contributed by atoms with Crippen LogP contribution >= 0.6 is 0 Å². The van der Waals surface area contributed by atoms with Crippen molar-refractivity contribution in [2.45, 2.75) is 49.5 Å². The van der Waals surface area contributed by atoms with Gasteiger partial charge in [0.05, 0.1) is 31.2 Å². The number of hydrogen-bond acceptors (Lipinski definition) is 3. The molecule has 0 unspecified atom stereocenters. The van der Waals surface area contributed by atoms with E-state index in [0.29, 0.717) is 24.3 Å². The van der Waals surface area contributed by atoms with Gasteiger partial charge in [-0.2, -0.15) is 0 Å². The van der Waals surface area contributed by atoms with Gasteiger partial charge in [-0.1, -0.05) is 30.7 Å². The molecule has 1 amide bonds. The van der Waals surface area contributed by atoms with Crippen molar-refractivity contribution in [3.05, 3.63) is 60.2 Å².